The first-order chi connectivity index (χ1) is 11.5. The van der Waals surface area contributed by atoms with Gasteiger partial charge in [0, 0.05) is 37.1 Å². The fraction of sp³-hybridized carbons (Fsp3) is 0.632. The van der Waals surface area contributed by atoms with Gasteiger partial charge in [-0.3, -0.25) is 4.79 Å². The fourth-order valence-electron chi connectivity index (χ4n) is 3.06. The van der Waals surface area contributed by atoms with Gasteiger partial charge in [0.25, 0.3) is 0 Å². The summed E-state index contributed by atoms with van der Waals surface area (Å²) >= 11 is 0. The molecule has 1 saturated heterocycles. The van der Waals surface area contributed by atoms with Crippen LogP contribution in [0.2, 0.25) is 0 Å². The Labute approximate surface area is 157 Å². The molecule has 0 saturated carbocycles. The summed E-state index contributed by atoms with van der Waals surface area (Å²) in [5.74, 6) is 0.696. The number of ether oxygens (including phenoxy) is 2. The van der Waals surface area contributed by atoms with Gasteiger partial charge < -0.3 is 20.5 Å². The summed E-state index contributed by atoms with van der Waals surface area (Å²) in [7, 11) is 0. The van der Waals surface area contributed by atoms with Gasteiger partial charge in [-0.1, -0.05) is 19.1 Å². The van der Waals surface area contributed by atoms with Crippen LogP contribution in [-0.4, -0.2) is 38.3 Å². The first-order valence-corrected chi connectivity index (χ1v) is 8.83. The molecule has 142 valence electrons. The van der Waals surface area contributed by atoms with E-state index < -0.39 is 0 Å². The summed E-state index contributed by atoms with van der Waals surface area (Å²) in [4.78, 5) is 12.3. The molecular formula is C19H31ClN2O3. The quantitative estimate of drug-likeness (QED) is 0.773. The van der Waals surface area contributed by atoms with E-state index in [1.165, 1.54) is 5.56 Å². The van der Waals surface area contributed by atoms with Gasteiger partial charge in [-0.25, -0.2) is 0 Å². The second-order valence-electron chi connectivity index (χ2n) is 6.72. The molecule has 0 aromatic heterocycles. The number of nitrogens with one attached hydrogen (secondary N) is 1. The normalized spacial score (nSPS) is 18.6. The molecule has 1 amide bonds. The number of carbonyl (C=O) groups is 1. The number of hydrogen-bond donors (Lipinski definition) is 2. The van der Waals surface area contributed by atoms with Crippen LogP contribution in [0.3, 0.4) is 0 Å². The van der Waals surface area contributed by atoms with Crippen molar-refractivity contribution in [2.24, 2.45) is 11.7 Å². The largest absolute Gasteiger partial charge is 0.494 e. The monoisotopic (exact) mass is 370 g/mol. The van der Waals surface area contributed by atoms with Crippen molar-refractivity contribution >= 4 is 18.3 Å². The standard InChI is InChI=1S/C19H30N2O3.ClH/c1-4-24-17-7-5-16(6-8-17)19(9-11-23-12-10-19)13-21-18(22)14(2)15(3)20;/h5-8,14-15H,4,9-13,20H2,1-3H3,(H,21,22);1H. The van der Waals surface area contributed by atoms with Crippen molar-refractivity contribution in [3.8, 4) is 5.75 Å². The highest BCUT2D eigenvalue weighted by atomic mass is 35.5. The first kappa shape index (κ1) is 21.7. The van der Waals surface area contributed by atoms with Gasteiger partial charge >= 0.3 is 0 Å². The summed E-state index contributed by atoms with van der Waals surface area (Å²) in [6.45, 7) is 8.40. The number of nitrogens with two attached hydrogens (primary N) is 1. The summed E-state index contributed by atoms with van der Waals surface area (Å²) in [5.41, 5.74) is 6.98. The first-order valence-electron chi connectivity index (χ1n) is 8.83. The SMILES string of the molecule is CCOc1ccc(C2(CNC(=O)C(C)C(C)N)CCOCC2)cc1.Cl. The molecule has 0 bridgehead atoms. The maximum atomic E-state index is 12.3. The van der Waals surface area contributed by atoms with Crippen LogP contribution < -0.4 is 15.8 Å². The molecule has 1 aromatic carbocycles. The van der Waals surface area contributed by atoms with Crippen LogP contribution in [0.25, 0.3) is 0 Å². The van der Waals surface area contributed by atoms with Gasteiger partial charge in [0.15, 0.2) is 0 Å². The molecule has 2 rings (SSSR count). The summed E-state index contributed by atoms with van der Waals surface area (Å²) in [6, 6.07) is 8.07. The highest BCUT2D eigenvalue weighted by Crippen LogP contribution is 2.35. The predicted molar refractivity (Wildman–Crippen MR) is 102 cm³/mol. The highest BCUT2D eigenvalue weighted by Gasteiger charge is 2.35. The number of halogens is 1. The van der Waals surface area contributed by atoms with E-state index in [9.17, 15) is 4.79 Å². The van der Waals surface area contributed by atoms with Crippen molar-refractivity contribution in [1.29, 1.82) is 0 Å². The van der Waals surface area contributed by atoms with Crippen LogP contribution in [0.1, 0.15) is 39.2 Å². The van der Waals surface area contributed by atoms with E-state index in [4.69, 9.17) is 15.2 Å². The van der Waals surface area contributed by atoms with E-state index in [1.54, 1.807) is 0 Å². The van der Waals surface area contributed by atoms with E-state index in [2.05, 4.69) is 17.4 Å². The Hall–Kier alpha value is -1.30. The second-order valence-corrected chi connectivity index (χ2v) is 6.72. The lowest BCUT2D eigenvalue weighted by Gasteiger charge is -2.38. The Morgan fingerprint density at radius 3 is 2.40 bits per heavy atom. The van der Waals surface area contributed by atoms with Gasteiger partial charge in [0.2, 0.25) is 5.91 Å². The third kappa shape index (κ3) is 5.59. The fourth-order valence-corrected chi connectivity index (χ4v) is 3.06. The molecule has 0 radical (unpaired) electrons. The Morgan fingerprint density at radius 1 is 1.28 bits per heavy atom. The molecule has 1 aliphatic rings. The van der Waals surface area contributed by atoms with Gasteiger partial charge in [-0.05, 0) is 44.4 Å². The average Bonchev–Trinajstić information content (AvgIpc) is 2.60. The van der Waals surface area contributed by atoms with Crippen molar-refractivity contribution < 1.29 is 14.3 Å². The minimum absolute atomic E-state index is 0. The van der Waals surface area contributed by atoms with Crippen molar-refractivity contribution in [3.63, 3.8) is 0 Å². The second kappa shape index (κ2) is 10.00. The Kier molecular flexibility index (Phi) is 8.69. The third-order valence-electron chi connectivity index (χ3n) is 5.03. The minimum Gasteiger partial charge on any atom is -0.494 e. The zero-order valence-corrected chi connectivity index (χ0v) is 16.2. The summed E-state index contributed by atoms with van der Waals surface area (Å²) < 4.78 is 11.1. The van der Waals surface area contributed by atoms with Crippen LogP contribution in [0.15, 0.2) is 24.3 Å². The number of rotatable bonds is 7. The summed E-state index contributed by atoms with van der Waals surface area (Å²) in [5, 5.41) is 3.11. The van der Waals surface area contributed by atoms with Crippen LogP contribution in [-0.2, 0) is 14.9 Å². The van der Waals surface area contributed by atoms with Crippen molar-refractivity contribution in [2.45, 2.75) is 45.1 Å². The Balaban J connectivity index is 0.00000312. The van der Waals surface area contributed by atoms with E-state index in [1.807, 2.05) is 32.9 Å². The minimum atomic E-state index is -0.192. The van der Waals surface area contributed by atoms with Gasteiger partial charge in [-0.15, -0.1) is 12.4 Å². The number of benzene rings is 1. The van der Waals surface area contributed by atoms with Gasteiger partial charge in [-0.2, -0.15) is 0 Å². The average molecular weight is 371 g/mol. The number of carbonyl (C=O) groups excluding carboxylic acids is 1. The molecule has 0 spiro atoms. The smallest absolute Gasteiger partial charge is 0.224 e. The maximum Gasteiger partial charge on any atom is 0.224 e. The number of amides is 1. The lowest BCUT2D eigenvalue weighted by Crippen LogP contribution is -2.47. The third-order valence-corrected chi connectivity index (χ3v) is 5.03. The molecule has 2 unspecified atom stereocenters. The van der Waals surface area contributed by atoms with E-state index in [0.29, 0.717) is 26.4 Å². The van der Waals surface area contributed by atoms with Gasteiger partial charge in [0.05, 0.1) is 6.61 Å². The lowest BCUT2D eigenvalue weighted by molar-refractivity contribution is -0.125. The van der Waals surface area contributed by atoms with E-state index in [-0.39, 0.29) is 35.7 Å². The maximum absolute atomic E-state index is 12.3. The van der Waals surface area contributed by atoms with Crippen LogP contribution in [0.5, 0.6) is 5.75 Å². The molecule has 1 fully saturated rings. The zero-order chi connectivity index (χ0) is 17.6. The van der Waals surface area contributed by atoms with E-state index >= 15 is 0 Å². The molecule has 5 nitrogen and oxygen atoms in total. The van der Waals surface area contributed by atoms with Crippen LogP contribution in [0.4, 0.5) is 0 Å². The lowest BCUT2D eigenvalue weighted by atomic mass is 9.74. The molecule has 1 heterocycles. The molecule has 2 atom stereocenters. The van der Waals surface area contributed by atoms with Crippen LogP contribution >= 0.6 is 12.4 Å². The van der Waals surface area contributed by atoms with Crippen LogP contribution in [0, 0.1) is 5.92 Å². The zero-order valence-electron chi connectivity index (χ0n) is 15.4. The Bertz CT molecular complexity index is 528. The highest BCUT2D eigenvalue weighted by molar-refractivity contribution is 5.85. The predicted octanol–water partition coefficient (Wildman–Crippen LogP) is 2.65. The van der Waals surface area contributed by atoms with Crippen molar-refractivity contribution in [1.82, 2.24) is 5.32 Å². The molecule has 6 heteroatoms. The molecule has 1 aromatic rings. The Morgan fingerprint density at radius 2 is 1.88 bits per heavy atom. The van der Waals surface area contributed by atoms with Crippen molar-refractivity contribution in [3.05, 3.63) is 29.8 Å². The van der Waals surface area contributed by atoms with Gasteiger partial charge in [0.1, 0.15) is 5.75 Å². The topological polar surface area (TPSA) is 73.6 Å². The molecule has 1 aliphatic heterocycles. The molecule has 25 heavy (non-hydrogen) atoms. The van der Waals surface area contributed by atoms with E-state index in [0.717, 1.165) is 18.6 Å². The molecular weight excluding hydrogens is 340 g/mol. The number of hydrogen-bond acceptors (Lipinski definition) is 4. The molecule has 3 N–H and O–H groups in total. The summed E-state index contributed by atoms with van der Waals surface area (Å²) in [6.07, 6.45) is 1.79. The molecule has 0 aliphatic carbocycles. The van der Waals surface area contributed by atoms with Crippen molar-refractivity contribution in [2.75, 3.05) is 26.4 Å².